The van der Waals surface area contributed by atoms with Gasteiger partial charge in [-0.2, -0.15) is 4.72 Å². The summed E-state index contributed by atoms with van der Waals surface area (Å²) in [6.07, 6.45) is 0. The second-order valence-electron chi connectivity index (χ2n) is 5.92. The largest absolute Gasteiger partial charge is 0.497 e. The van der Waals surface area contributed by atoms with Gasteiger partial charge in [0, 0.05) is 6.54 Å². The van der Waals surface area contributed by atoms with Crippen LogP contribution in [-0.2, 0) is 21.4 Å². The molecule has 0 fully saturated rings. The molecule has 0 spiro atoms. The Labute approximate surface area is 157 Å². The van der Waals surface area contributed by atoms with Crippen molar-refractivity contribution in [2.45, 2.75) is 24.4 Å². The van der Waals surface area contributed by atoms with Crippen molar-refractivity contribution in [2.24, 2.45) is 0 Å². The van der Waals surface area contributed by atoms with E-state index < -0.39 is 22.0 Å². The standard InChI is InChI=1S/C18H20N2O6S/c1-12(20-27(22,23)15-6-4-14(24-2)5-7-15)18(21)19-10-13-3-8-16-17(9-13)26-11-25-16/h3-9,12,20H,10-11H2,1-2H3,(H,19,21)/t12-/m0/s1. The summed E-state index contributed by atoms with van der Waals surface area (Å²) >= 11 is 0. The molecule has 8 nitrogen and oxygen atoms in total. The molecule has 1 aliphatic heterocycles. The summed E-state index contributed by atoms with van der Waals surface area (Å²) in [5.74, 6) is 1.38. The lowest BCUT2D eigenvalue weighted by Crippen LogP contribution is -2.44. The van der Waals surface area contributed by atoms with Gasteiger partial charge in [0.05, 0.1) is 18.0 Å². The maximum Gasteiger partial charge on any atom is 0.241 e. The zero-order valence-corrected chi connectivity index (χ0v) is 15.7. The maximum absolute atomic E-state index is 12.4. The first-order valence-corrected chi connectivity index (χ1v) is 9.70. The molecule has 0 aromatic heterocycles. The second-order valence-corrected chi connectivity index (χ2v) is 7.64. The molecule has 0 saturated carbocycles. The lowest BCUT2D eigenvalue weighted by atomic mass is 10.2. The highest BCUT2D eigenvalue weighted by molar-refractivity contribution is 7.89. The summed E-state index contributed by atoms with van der Waals surface area (Å²) in [7, 11) is -2.33. The summed E-state index contributed by atoms with van der Waals surface area (Å²) < 4.78 is 42.7. The molecule has 0 aliphatic carbocycles. The van der Waals surface area contributed by atoms with Gasteiger partial charge in [-0.05, 0) is 48.9 Å². The third kappa shape index (κ3) is 4.50. The second kappa shape index (κ2) is 7.85. The zero-order valence-electron chi connectivity index (χ0n) is 14.9. The van der Waals surface area contributed by atoms with Crippen LogP contribution in [0.25, 0.3) is 0 Å². The number of hydrogen-bond donors (Lipinski definition) is 2. The third-order valence-electron chi connectivity index (χ3n) is 4.00. The summed E-state index contributed by atoms with van der Waals surface area (Å²) in [6, 6.07) is 10.3. The smallest absolute Gasteiger partial charge is 0.241 e. The Kier molecular flexibility index (Phi) is 5.52. The molecule has 1 aliphatic rings. The van der Waals surface area contributed by atoms with E-state index in [1.807, 2.05) is 0 Å². The van der Waals surface area contributed by atoms with Gasteiger partial charge in [0.15, 0.2) is 11.5 Å². The number of benzene rings is 2. The minimum atomic E-state index is -3.82. The van der Waals surface area contributed by atoms with Crippen LogP contribution in [0.3, 0.4) is 0 Å². The number of ether oxygens (including phenoxy) is 3. The molecule has 27 heavy (non-hydrogen) atoms. The fourth-order valence-electron chi connectivity index (χ4n) is 2.50. The predicted octanol–water partition coefficient (Wildman–Crippen LogP) is 1.41. The molecule has 0 unspecified atom stereocenters. The molecule has 1 atom stereocenters. The van der Waals surface area contributed by atoms with Crippen molar-refractivity contribution in [1.82, 2.24) is 10.0 Å². The van der Waals surface area contributed by atoms with Crippen molar-refractivity contribution in [3.05, 3.63) is 48.0 Å². The van der Waals surface area contributed by atoms with Gasteiger partial charge in [-0.1, -0.05) is 6.07 Å². The summed E-state index contributed by atoms with van der Waals surface area (Å²) in [6.45, 7) is 1.90. The Bertz CT molecular complexity index is 927. The van der Waals surface area contributed by atoms with Crippen LogP contribution in [-0.4, -0.2) is 34.3 Å². The minimum absolute atomic E-state index is 0.0544. The normalized spacial score (nSPS) is 13.9. The van der Waals surface area contributed by atoms with E-state index >= 15 is 0 Å². The Hall–Kier alpha value is -2.78. The molecule has 3 rings (SSSR count). The average Bonchev–Trinajstić information content (AvgIpc) is 3.13. The highest BCUT2D eigenvalue weighted by Gasteiger charge is 2.22. The molecular formula is C18H20N2O6S. The van der Waals surface area contributed by atoms with E-state index in [1.165, 1.54) is 26.2 Å². The fourth-order valence-corrected chi connectivity index (χ4v) is 3.71. The van der Waals surface area contributed by atoms with Crippen LogP contribution in [0.1, 0.15) is 12.5 Å². The number of nitrogens with one attached hydrogen (secondary N) is 2. The molecule has 0 saturated heterocycles. The van der Waals surface area contributed by atoms with Gasteiger partial charge in [0.25, 0.3) is 0 Å². The van der Waals surface area contributed by atoms with E-state index in [4.69, 9.17) is 14.2 Å². The van der Waals surface area contributed by atoms with Crippen molar-refractivity contribution >= 4 is 15.9 Å². The highest BCUT2D eigenvalue weighted by atomic mass is 32.2. The molecule has 2 aromatic rings. The zero-order chi connectivity index (χ0) is 19.4. The maximum atomic E-state index is 12.4. The lowest BCUT2D eigenvalue weighted by molar-refractivity contribution is -0.122. The van der Waals surface area contributed by atoms with Gasteiger partial charge >= 0.3 is 0 Å². The van der Waals surface area contributed by atoms with E-state index in [0.29, 0.717) is 17.2 Å². The minimum Gasteiger partial charge on any atom is -0.497 e. The Morgan fingerprint density at radius 2 is 1.85 bits per heavy atom. The van der Waals surface area contributed by atoms with Crippen molar-refractivity contribution in [2.75, 3.05) is 13.9 Å². The quantitative estimate of drug-likeness (QED) is 0.739. The predicted molar refractivity (Wildman–Crippen MR) is 97.2 cm³/mol. The highest BCUT2D eigenvalue weighted by Crippen LogP contribution is 2.32. The van der Waals surface area contributed by atoms with Crippen LogP contribution in [0, 0.1) is 0 Å². The monoisotopic (exact) mass is 392 g/mol. The number of hydrogen-bond acceptors (Lipinski definition) is 6. The number of carbonyl (C=O) groups is 1. The van der Waals surface area contributed by atoms with Crippen LogP contribution in [0.15, 0.2) is 47.4 Å². The summed E-state index contributed by atoms with van der Waals surface area (Å²) in [5.41, 5.74) is 0.817. The molecule has 144 valence electrons. The van der Waals surface area contributed by atoms with Crippen LogP contribution in [0.2, 0.25) is 0 Å². The van der Waals surface area contributed by atoms with Crippen LogP contribution in [0.5, 0.6) is 17.2 Å². The summed E-state index contributed by atoms with van der Waals surface area (Å²) in [4.78, 5) is 12.3. The Balaban J connectivity index is 1.58. The molecular weight excluding hydrogens is 372 g/mol. The average molecular weight is 392 g/mol. The fraction of sp³-hybridized carbons (Fsp3) is 0.278. The topological polar surface area (TPSA) is 103 Å². The lowest BCUT2D eigenvalue weighted by Gasteiger charge is -2.15. The van der Waals surface area contributed by atoms with Crippen molar-refractivity contribution in [3.63, 3.8) is 0 Å². The molecule has 1 heterocycles. The van der Waals surface area contributed by atoms with Gasteiger partial charge in [-0.25, -0.2) is 8.42 Å². The van der Waals surface area contributed by atoms with E-state index in [1.54, 1.807) is 30.3 Å². The van der Waals surface area contributed by atoms with Crippen LogP contribution < -0.4 is 24.2 Å². The van der Waals surface area contributed by atoms with Gasteiger partial charge in [0.1, 0.15) is 5.75 Å². The van der Waals surface area contributed by atoms with Gasteiger partial charge in [-0.15, -0.1) is 0 Å². The molecule has 2 N–H and O–H groups in total. The number of rotatable bonds is 7. The van der Waals surface area contributed by atoms with Gasteiger partial charge < -0.3 is 19.5 Å². The Morgan fingerprint density at radius 1 is 1.15 bits per heavy atom. The van der Waals surface area contributed by atoms with Crippen molar-refractivity contribution < 1.29 is 27.4 Å². The van der Waals surface area contributed by atoms with Crippen molar-refractivity contribution in [3.8, 4) is 17.2 Å². The van der Waals surface area contributed by atoms with E-state index in [2.05, 4.69) is 10.0 Å². The first kappa shape index (κ1) is 19.0. The number of sulfonamides is 1. The summed E-state index contributed by atoms with van der Waals surface area (Å²) in [5, 5.41) is 2.70. The Morgan fingerprint density at radius 3 is 2.56 bits per heavy atom. The van der Waals surface area contributed by atoms with Crippen LogP contribution >= 0.6 is 0 Å². The third-order valence-corrected chi connectivity index (χ3v) is 5.56. The molecule has 9 heteroatoms. The number of fused-ring (bicyclic) bond motifs is 1. The first-order valence-electron chi connectivity index (χ1n) is 8.21. The van der Waals surface area contributed by atoms with Gasteiger partial charge in [0.2, 0.25) is 22.7 Å². The van der Waals surface area contributed by atoms with E-state index in [0.717, 1.165) is 5.56 Å². The van der Waals surface area contributed by atoms with Gasteiger partial charge in [-0.3, -0.25) is 4.79 Å². The number of amides is 1. The van der Waals surface area contributed by atoms with Crippen molar-refractivity contribution in [1.29, 1.82) is 0 Å². The first-order chi connectivity index (χ1) is 12.9. The molecule has 2 aromatic carbocycles. The van der Waals surface area contributed by atoms with E-state index in [9.17, 15) is 13.2 Å². The SMILES string of the molecule is COc1ccc(S(=O)(=O)N[C@@H](C)C(=O)NCc2ccc3c(c2)OCO3)cc1. The van der Waals surface area contributed by atoms with E-state index in [-0.39, 0.29) is 18.2 Å². The molecule has 1 amide bonds. The van der Waals surface area contributed by atoms with Crippen LogP contribution in [0.4, 0.5) is 0 Å². The number of carbonyl (C=O) groups excluding carboxylic acids is 1. The number of methoxy groups -OCH3 is 1. The molecule has 0 radical (unpaired) electrons. The molecule has 0 bridgehead atoms.